The number of aromatic nitrogens is 1. The number of hydrogen-bond donors (Lipinski definition) is 2. The summed E-state index contributed by atoms with van der Waals surface area (Å²) in [5.41, 5.74) is 1.57. The molecular formula is C18H24FN3O. The quantitative estimate of drug-likeness (QED) is 0.806. The molecule has 2 aromatic rings. The van der Waals surface area contributed by atoms with Crippen LogP contribution >= 0.6 is 0 Å². The second-order valence-corrected chi connectivity index (χ2v) is 6.01. The van der Waals surface area contributed by atoms with E-state index in [0.29, 0.717) is 31.1 Å². The zero-order valence-corrected chi connectivity index (χ0v) is 13.7. The monoisotopic (exact) mass is 317 g/mol. The average Bonchev–Trinajstić information content (AvgIpc) is 2.94. The van der Waals surface area contributed by atoms with Crippen LogP contribution in [-0.2, 0) is 13.1 Å². The lowest BCUT2D eigenvalue weighted by molar-refractivity contribution is 0.239. The summed E-state index contributed by atoms with van der Waals surface area (Å²) in [5.74, 6) is 0.347. The van der Waals surface area contributed by atoms with E-state index in [1.54, 1.807) is 12.1 Å². The molecule has 2 rings (SSSR count). The van der Waals surface area contributed by atoms with Gasteiger partial charge in [0.1, 0.15) is 5.82 Å². The van der Waals surface area contributed by atoms with Crippen molar-refractivity contribution >= 4 is 6.03 Å². The van der Waals surface area contributed by atoms with Crippen molar-refractivity contribution in [3.8, 4) is 0 Å². The standard InChI is InChI=1S/C18H24FN3O/c1-14(2)9-10-20-18(23)21-12-16-7-5-11-22(16)13-15-6-3-4-8-17(15)19/h3-8,11,14H,9-10,12-13H2,1-2H3,(H2,20,21,23). The van der Waals surface area contributed by atoms with E-state index in [4.69, 9.17) is 0 Å². The molecule has 0 saturated heterocycles. The maximum atomic E-state index is 13.7. The zero-order valence-electron chi connectivity index (χ0n) is 13.7. The number of benzene rings is 1. The molecule has 1 heterocycles. The molecule has 0 atom stereocenters. The smallest absolute Gasteiger partial charge is 0.315 e. The first-order chi connectivity index (χ1) is 11.1. The average molecular weight is 317 g/mol. The Morgan fingerprint density at radius 1 is 1.17 bits per heavy atom. The number of rotatable bonds is 7. The molecule has 1 aromatic carbocycles. The molecule has 0 saturated carbocycles. The van der Waals surface area contributed by atoms with Gasteiger partial charge in [-0.3, -0.25) is 0 Å². The largest absolute Gasteiger partial charge is 0.345 e. The molecule has 0 bridgehead atoms. The first kappa shape index (κ1) is 17.1. The number of halogens is 1. The van der Waals surface area contributed by atoms with Crippen LogP contribution in [0.3, 0.4) is 0 Å². The number of nitrogens with zero attached hydrogens (tertiary/aromatic N) is 1. The number of hydrogen-bond acceptors (Lipinski definition) is 1. The lowest BCUT2D eigenvalue weighted by Crippen LogP contribution is -2.36. The van der Waals surface area contributed by atoms with Crippen molar-refractivity contribution in [2.24, 2.45) is 5.92 Å². The maximum Gasteiger partial charge on any atom is 0.315 e. The van der Waals surface area contributed by atoms with Crippen molar-refractivity contribution in [3.63, 3.8) is 0 Å². The molecule has 2 amide bonds. The molecule has 0 aliphatic heterocycles. The predicted molar refractivity (Wildman–Crippen MR) is 89.6 cm³/mol. The Labute approximate surface area is 136 Å². The molecule has 1 aromatic heterocycles. The van der Waals surface area contributed by atoms with Crippen LogP contribution in [0.4, 0.5) is 9.18 Å². The van der Waals surface area contributed by atoms with Crippen LogP contribution in [0, 0.1) is 11.7 Å². The minimum Gasteiger partial charge on any atom is -0.345 e. The van der Waals surface area contributed by atoms with Crippen molar-refractivity contribution in [1.29, 1.82) is 0 Å². The minimum absolute atomic E-state index is 0.177. The fraction of sp³-hybridized carbons (Fsp3) is 0.389. The molecule has 0 unspecified atom stereocenters. The number of carbonyl (C=O) groups is 1. The van der Waals surface area contributed by atoms with Crippen molar-refractivity contribution in [3.05, 3.63) is 59.7 Å². The maximum absolute atomic E-state index is 13.7. The fourth-order valence-electron chi connectivity index (χ4n) is 2.28. The van der Waals surface area contributed by atoms with Crippen LogP contribution in [0.2, 0.25) is 0 Å². The lowest BCUT2D eigenvalue weighted by atomic mass is 10.1. The molecular weight excluding hydrogens is 293 g/mol. The third-order valence-corrected chi connectivity index (χ3v) is 3.66. The summed E-state index contributed by atoms with van der Waals surface area (Å²) >= 11 is 0. The number of carbonyl (C=O) groups excluding carboxylic acids is 1. The van der Waals surface area contributed by atoms with Gasteiger partial charge in [0.2, 0.25) is 0 Å². The lowest BCUT2D eigenvalue weighted by Gasteiger charge is -2.12. The molecule has 0 aliphatic rings. The Kier molecular flexibility index (Phi) is 6.20. The van der Waals surface area contributed by atoms with Crippen LogP contribution in [0.1, 0.15) is 31.5 Å². The Hall–Kier alpha value is -2.30. The Balaban J connectivity index is 1.86. The van der Waals surface area contributed by atoms with E-state index in [1.165, 1.54) is 6.07 Å². The Bertz CT molecular complexity index is 637. The van der Waals surface area contributed by atoms with Crippen LogP contribution in [-0.4, -0.2) is 17.1 Å². The molecule has 4 nitrogen and oxygen atoms in total. The summed E-state index contributed by atoms with van der Waals surface area (Å²) in [7, 11) is 0. The van der Waals surface area contributed by atoms with Gasteiger partial charge in [0.15, 0.2) is 0 Å². The summed E-state index contributed by atoms with van der Waals surface area (Å²) in [6.07, 6.45) is 2.84. The number of amides is 2. The molecule has 124 valence electrons. The highest BCUT2D eigenvalue weighted by Gasteiger charge is 2.07. The Morgan fingerprint density at radius 3 is 2.70 bits per heavy atom. The van der Waals surface area contributed by atoms with Crippen molar-refractivity contribution in [2.75, 3.05) is 6.54 Å². The third-order valence-electron chi connectivity index (χ3n) is 3.66. The molecule has 23 heavy (non-hydrogen) atoms. The van der Waals surface area contributed by atoms with E-state index in [0.717, 1.165) is 12.1 Å². The summed E-state index contributed by atoms with van der Waals surface area (Å²) in [4.78, 5) is 11.8. The minimum atomic E-state index is -0.216. The SMILES string of the molecule is CC(C)CCNC(=O)NCc1cccn1Cc1ccccc1F. The van der Waals surface area contributed by atoms with E-state index in [1.807, 2.05) is 29.0 Å². The molecule has 0 spiro atoms. The van der Waals surface area contributed by atoms with Gasteiger partial charge < -0.3 is 15.2 Å². The summed E-state index contributed by atoms with van der Waals surface area (Å²) in [6, 6.07) is 10.4. The zero-order chi connectivity index (χ0) is 16.7. The molecule has 2 N–H and O–H groups in total. The molecule has 0 aliphatic carbocycles. The molecule has 5 heteroatoms. The fourth-order valence-corrected chi connectivity index (χ4v) is 2.28. The van der Waals surface area contributed by atoms with Crippen molar-refractivity contribution in [1.82, 2.24) is 15.2 Å². The summed E-state index contributed by atoms with van der Waals surface area (Å²) < 4.78 is 15.7. The van der Waals surface area contributed by atoms with E-state index in [-0.39, 0.29) is 11.8 Å². The number of nitrogens with one attached hydrogen (secondary N) is 2. The number of urea groups is 1. The Morgan fingerprint density at radius 2 is 1.96 bits per heavy atom. The van der Waals surface area contributed by atoms with Gasteiger partial charge >= 0.3 is 6.03 Å². The predicted octanol–water partition coefficient (Wildman–Crippen LogP) is 3.52. The van der Waals surface area contributed by atoms with Crippen molar-refractivity contribution < 1.29 is 9.18 Å². The van der Waals surface area contributed by atoms with Gasteiger partial charge in [-0.05, 0) is 30.5 Å². The normalized spacial score (nSPS) is 10.8. The molecule has 0 fully saturated rings. The summed E-state index contributed by atoms with van der Waals surface area (Å²) in [6.45, 7) is 5.77. The van der Waals surface area contributed by atoms with Gasteiger partial charge in [0.25, 0.3) is 0 Å². The van der Waals surface area contributed by atoms with Crippen molar-refractivity contribution in [2.45, 2.75) is 33.4 Å². The van der Waals surface area contributed by atoms with E-state index in [9.17, 15) is 9.18 Å². The van der Waals surface area contributed by atoms with Crippen LogP contribution in [0.25, 0.3) is 0 Å². The highest BCUT2D eigenvalue weighted by Crippen LogP contribution is 2.11. The molecule has 0 radical (unpaired) electrons. The highest BCUT2D eigenvalue weighted by molar-refractivity contribution is 5.73. The first-order valence-corrected chi connectivity index (χ1v) is 7.95. The third kappa shape index (κ3) is 5.43. The summed E-state index contributed by atoms with van der Waals surface area (Å²) in [5, 5.41) is 5.67. The van der Waals surface area contributed by atoms with Gasteiger partial charge in [-0.2, -0.15) is 0 Å². The van der Waals surface area contributed by atoms with E-state index < -0.39 is 0 Å². The van der Waals surface area contributed by atoms with Gasteiger partial charge in [-0.15, -0.1) is 0 Å². The van der Waals surface area contributed by atoms with Crippen LogP contribution < -0.4 is 10.6 Å². The topological polar surface area (TPSA) is 46.1 Å². The van der Waals surface area contributed by atoms with Crippen LogP contribution in [0.15, 0.2) is 42.6 Å². The van der Waals surface area contributed by atoms with Gasteiger partial charge in [-0.25, -0.2) is 9.18 Å². The second kappa shape index (κ2) is 8.36. The van der Waals surface area contributed by atoms with Gasteiger partial charge in [0.05, 0.1) is 13.1 Å². The van der Waals surface area contributed by atoms with E-state index >= 15 is 0 Å². The first-order valence-electron chi connectivity index (χ1n) is 7.95. The van der Waals surface area contributed by atoms with Crippen LogP contribution in [0.5, 0.6) is 0 Å². The van der Waals surface area contributed by atoms with Gasteiger partial charge in [0, 0.05) is 24.0 Å². The van der Waals surface area contributed by atoms with E-state index in [2.05, 4.69) is 24.5 Å². The highest BCUT2D eigenvalue weighted by atomic mass is 19.1. The van der Waals surface area contributed by atoms with Gasteiger partial charge in [-0.1, -0.05) is 32.0 Å². The second-order valence-electron chi connectivity index (χ2n) is 6.01.